The van der Waals surface area contributed by atoms with Crippen LogP contribution in [0.4, 0.5) is 5.69 Å². The van der Waals surface area contributed by atoms with Gasteiger partial charge in [0.05, 0.1) is 5.60 Å². The van der Waals surface area contributed by atoms with Crippen LogP contribution >= 0.6 is 0 Å². The van der Waals surface area contributed by atoms with Crippen LogP contribution in [0.1, 0.15) is 32.9 Å². The van der Waals surface area contributed by atoms with Gasteiger partial charge in [-0.2, -0.15) is 0 Å². The second-order valence-electron chi connectivity index (χ2n) is 5.13. The minimum atomic E-state index is -0.661. The molecular formula is C13H22N2O. The first kappa shape index (κ1) is 13.0. The summed E-state index contributed by atoms with van der Waals surface area (Å²) in [6.07, 6.45) is 2.57. The molecule has 0 amide bonds. The molecule has 1 rings (SSSR count). The number of aliphatic hydroxyl groups is 1. The minimum absolute atomic E-state index is 0.496. The molecular weight excluding hydrogens is 200 g/mol. The van der Waals surface area contributed by atoms with Gasteiger partial charge in [0.1, 0.15) is 0 Å². The van der Waals surface area contributed by atoms with Crippen molar-refractivity contribution < 1.29 is 5.11 Å². The van der Waals surface area contributed by atoms with Crippen LogP contribution in [0.2, 0.25) is 0 Å². The molecule has 0 bridgehead atoms. The predicted molar refractivity (Wildman–Crippen MR) is 67.5 cm³/mol. The lowest BCUT2D eigenvalue weighted by Crippen LogP contribution is -2.34. The number of hydrogen-bond donors (Lipinski definition) is 2. The van der Waals surface area contributed by atoms with E-state index in [9.17, 15) is 5.11 Å². The van der Waals surface area contributed by atoms with Gasteiger partial charge in [-0.15, -0.1) is 0 Å². The third-order valence-electron chi connectivity index (χ3n) is 2.42. The predicted octanol–water partition coefficient (Wildman–Crippen LogP) is 2.60. The maximum Gasteiger partial charge on any atom is 0.0793 e. The zero-order valence-electron chi connectivity index (χ0n) is 10.6. The van der Waals surface area contributed by atoms with Gasteiger partial charge in [-0.1, -0.05) is 13.8 Å². The Hall–Kier alpha value is -1.09. The Morgan fingerprint density at radius 1 is 1.50 bits per heavy atom. The number of aryl methyl sites for hydroxylation is 1. The van der Waals surface area contributed by atoms with E-state index in [1.165, 1.54) is 0 Å². The van der Waals surface area contributed by atoms with Crippen LogP contribution in [0.15, 0.2) is 18.3 Å². The molecule has 0 spiro atoms. The first-order chi connectivity index (χ1) is 7.39. The average molecular weight is 222 g/mol. The van der Waals surface area contributed by atoms with E-state index in [-0.39, 0.29) is 0 Å². The van der Waals surface area contributed by atoms with Crippen LogP contribution in [0, 0.1) is 12.8 Å². The van der Waals surface area contributed by atoms with Gasteiger partial charge in [0.25, 0.3) is 0 Å². The Bertz CT molecular complexity index is 334. The molecule has 1 heterocycles. The summed E-state index contributed by atoms with van der Waals surface area (Å²) in [6, 6.07) is 3.89. The highest BCUT2D eigenvalue weighted by atomic mass is 16.3. The van der Waals surface area contributed by atoms with Gasteiger partial charge in [-0.3, -0.25) is 4.98 Å². The molecule has 16 heavy (non-hydrogen) atoms. The second kappa shape index (κ2) is 5.30. The first-order valence-corrected chi connectivity index (χ1v) is 5.78. The standard InChI is InChI=1S/C13H22N2O/c1-10(2)8-13(4,16)9-15-12-5-6-14-11(3)7-12/h5-7,10,16H,8-9H2,1-4H3,(H,14,15). The Morgan fingerprint density at radius 2 is 2.19 bits per heavy atom. The van der Waals surface area contributed by atoms with Gasteiger partial charge in [0, 0.05) is 24.1 Å². The molecule has 0 radical (unpaired) electrons. The fourth-order valence-electron chi connectivity index (χ4n) is 1.90. The molecule has 3 nitrogen and oxygen atoms in total. The van der Waals surface area contributed by atoms with Crippen molar-refractivity contribution >= 4 is 5.69 Å². The largest absolute Gasteiger partial charge is 0.388 e. The second-order valence-corrected chi connectivity index (χ2v) is 5.13. The highest BCUT2D eigenvalue weighted by molar-refractivity contribution is 5.43. The normalized spacial score (nSPS) is 14.9. The average Bonchev–Trinajstić information content (AvgIpc) is 2.13. The molecule has 0 aliphatic carbocycles. The quantitative estimate of drug-likeness (QED) is 0.805. The van der Waals surface area contributed by atoms with Crippen molar-refractivity contribution in [3.63, 3.8) is 0 Å². The maximum absolute atomic E-state index is 10.1. The fraction of sp³-hybridized carbons (Fsp3) is 0.615. The Labute approximate surface area is 97.9 Å². The van der Waals surface area contributed by atoms with Gasteiger partial charge < -0.3 is 10.4 Å². The number of pyridine rings is 1. The first-order valence-electron chi connectivity index (χ1n) is 5.78. The summed E-state index contributed by atoms with van der Waals surface area (Å²) >= 11 is 0. The van der Waals surface area contributed by atoms with E-state index in [0.717, 1.165) is 17.8 Å². The summed E-state index contributed by atoms with van der Waals surface area (Å²) in [5.41, 5.74) is 1.33. The fourth-order valence-corrected chi connectivity index (χ4v) is 1.90. The smallest absolute Gasteiger partial charge is 0.0793 e. The number of anilines is 1. The van der Waals surface area contributed by atoms with Crippen molar-refractivity contribution in [1.29, 1.82) is 0 Å². The van der Waals surface area contributed by atoms with E-state index in [0.29, 0.717) is 12.5 Å². The molecule has 0 saturated carbocycles. The van der Waals surface area contributed by atoms with Crippen molar-refractivity contribution in [2.75, 3.05) is 11.9 Å². The summed E-state index contributed by atoms with van der Waals surface area (Å²) < 4.78 is 0. The van der Waals surface area contributed by atoms with Crippen LogP contribution < -0.4 is 5.32 Å². The number of rotatable bonds is 5. The summed E-state index contributed by atoms with van der Waals surface area (Å²) in [5, 5.41) is 13.4. The van der Waals surface area contributed by atoms with Gasteiger partial charge in [-0.05, 0) is 38.3 Å². The summed E-state index contributed by atoms with van der Waals surface area (Å²) in [4.78, 5) is 4.13. The molecule has 2 N–H and O–H groups in total. The summed E-state index contributed by atoms with van der Waals surface area (Å²) in [7, 11) is 0. The van der Waals surface area contributed by atoms with E-state index in [2.05, 4.69) is 24.1 Å². The Morgan fingerprint density at radius 3 is 2.75 bits per heavy atom. The van der Waals surface area contributed by atoms with E-state index in [4.69, 9.17) is 0 Å². The SMILES string of the molecule is Cc1cc(NCC(C)(O)CC(C)C)ccn1. The van der Waals surface area contributed by atoms with Crippen LogP contribution in [-0.4, -0.2) is 22.2 Å². The van der Waals surface area contributed by atoms with E-state index < -0.39 is 5.60 Å². The third kappa shape index (κ3) is 4.62. The maximum atomic E-state index is 10.1. The number of nitrogens with zero attached hydrogens (tertiary/aromatic N) is 1. The van der Waals surface area contributed by atoms with Gasteiger partial charge >= 0.3 is 0 Å². The van der Waals surface area contributed by atoms with Crippen molar-refractivity contribution in [2.45, 2.75) is 39.7 Å². The van der Waals surface area contributed by atoms with E-state index >= 15 is 0 Å². The zero-order valence-corrected chi connectivity index (χ0v) is 10.6. The summed E-state index contributed by atoms with van der Waals surface area (Å²) in [6.45, 7) is 8.62. The van der Waals surface area contributed by atoms with Crippen LogP contribution in [0.3, 0.4) is 0 Å². The molecule has 1 aromatic heterocycles. The molecule has 1 atom stereocenters. The molecule has 90 valence electrons. The molecule has 0 aliphatic rings. The summed E-state index contributed by atoms with van der Waals surface area (Å²) in [5.74, 6) is 0.496. The lowest BCUT2D eigenvalue weighted by molar-refractivity contribution is 0.0515. The molecule has 1 unspecified atom stereocenters. The Kier molecular flexibility index (Phi) is 4.30. The molecule has 0 saturated heterocycles. The molecule has 0 aromatic carbocycles. The highest BCUT2D eigenvalue weighted by Crippen LogP contribution is 2.17. The number of nitrogens with one attached hydrogen (secondary N) is 1. The zero-order chi connectivity index (χ0) is 12.2. The molecule has 0 aliphatic heterocycles. The van der Waals surface area contributed by atoms with E-state index in [1.807, 2.05) is 26.0 Å². The molecule has 3 heteroatoms. The van der Waals surface area contributed by atoms with Gasteiger partial charge in [-0.25, -0.2) is 0 Å². The number of hydrogen-bond acceptors (Lipinski definition) is 3. The van der Waals surface area contributed by atoms with E-state index in [1.54, 1.807) is 6.20 Å². The monoisotopic (exact) mass is 222 g/mol. The Balaban J connectivity index is 2.50. The minimum Gasteiger partial charge on any atom is -0.388 e. The van der Waals surface area contributed by atoms with Crippen LogP contribution in [0.25, 0.3) is 0 Å². The molecule has 0 fully saturated rings. The van der Waals surface area contributed by atoms with Gasteiger partial charge in [0.2, 0.25) is 0 Å². The lowest BCUT2D eigenvalue weighted by Gasteiger charge is -2.26. The third-order valence-corrected chi connectivity index (χ3v) is 2.42. The highest BCUT2D eigenvalue weighted by Gasteiger charge is 2.21. The van der Waals surface area contributed by atoms with Crippen LogP contribution in [0.5, 0.6) is 0 Å². The van der Waals surface area contributed by atoms with Gasteiger partial charge in [0.15, 0.2) is 0 Å². The van der Waals surface area contributed by atoms with Crippen molar-refractivity contribution in [3.05, 3.63) is 24.0 Å². The number of aromatic nitrogens is 1. The van der Waals surface area contributed by atoms with Crippen LogP contribution in [-0.2, 0) is 0 Å². The lowest BCUT2D eigenvalue weighted by atomic mass is 9.94. The van der Waals surface area contributed by atoms with Crippen molar-refractivity contribution in [2.24, 2.45) is 5.92 Å². The van der Waals surface area contributed by atoms with Crippen molar-refractivity contribution in [3.8, 4) is 0 Å². The van der Waals surface area contributed by atoms with Crippen molar-refractivity contribution in [1.82, 2.24) is 4.98 Å². The molecule has 1 aromatic rings. The topological polar surface area (TPSA) is 45.1 Å².